The van der Waals surface area contributed by atoms with Gasteiger partial charge in [0.15, 0.2) is 6.10 Å². The third kappa shape index (κ3) is 4.76. The van der Waals surface area contributed by atoms with Crippen LogP contribution >= 0.6 is 0 Å². The summed E-state index contributed by atoms with van der Waals surface area (Å²) in [7, 11) is 0. The molecule has 1 unspecified atom stereocenters. The molecule has 0 fully saturated rings. The maximum absolute atomic E-state index is 12.4. The first kappa shape index (κ1) is 19.6. The molecule has 0 aliphatic carbocycles. The van der Waals surface area contributed by atoms with Crippen molar-refractivity contribution in [3.63, 3.8) is 0 Å². The molecule has 0 saturated carbocycles. The second-order valence-corrected chi connectivity index (χ2v) is 7.81. The molecule has 3 aromatic rings. The normalized spacial score (nSPS) is 12.5. The zero-order valence-electron chi connectivity index (χ0n) is 16.8. The predicted octanol–water partition coefficient (Wildman–Crippen LogP) is 4.75. The van der Waals surface area contributed by atoms with Gasteiger partial charge in [-0.1, -0.05) is 50.6 Å². The number of nitrogens with zero attached hydrogens (tertiary/aromatic N) is 2. The highest BCUT2D eigenvalue weighted by Gasteiger charge is 2.19. The average molecular weight is 379 g/mol. The fourth-order valence-electron chi connectivity index (χ4n) is 2.59. The third-order valence-electron chi connectivity index (χ3n) is 4.36. The number of carbonyl (C=O) groups is 1. The van der Waals surface area contributed by atoms with Crippen molar-refractivity contribution in [2.75, 3.05) is 5.32 Å². The number of nitrogens with one attached hydrogen (secondary N) is 1. The molecule has 3 rings (SSSR count). The van der Waals surface area contributed by atoms with Crippen molar-refractivity contribution < 1.29 is 14.1 Å². The van der Waals surface area contributed by atoms with Crippen LogP contribution in [-0.4, -0.2) is 22.2 Å². The van der Waals surface area contributed by atoms with E-state index in [4.69, 9.17) is 9.26 Å². The zero-order chi connectivity index (χ0) is 20.3. The summed E-state index contributed by atoms with van der Waals surface area (Å²) in [4.78, 5) is 16.6. The Labute approximate surface area is 164 Å². The smallest absolute Gasteiger partial charge is 0.270 e. The van der Waals surface area contributed by atoms with E-state index in [-0.39, 0.29) is 17.3 Å². The van der Waals surface area contributed by atoms with Crippen LogP contribution in [0.2, 0.25) is 0 Å². The van der Waals surface area contributed by atoms with Crippen molar-refractivity contribution in [1.82, 2.24) is 10.1 Å². The van der Waals surface area contributed by atoms with E-state index in [0.29, 0.717) is 11.6 Å². The van der Waals surface area contributed by atoms with Crippen molar-refractivity contribution in [3.05, 3.63) is 59.7 Å². The van der Waals surface area contributed by atoms with Gasteiger partial charge < -0.3 is 9.26 Å². The monoisotopic (exact) mass is 379 g/mol. The van der Waals surface area contributed by atoms with Gasteiger partial charge in [0.05, 0.1) is 0 Å². The molecule has 6 heteroatoms. The molecule has 6 nitrogen and oxygen atoms in total. The van der Waals surface area contributed by atoms with Gasteiger partial charge in [-0.2, -0.15) is 4.98 Å². The maximum Gasteiger partial charge on any atom is 0.270 e. The Morgan fingerprint density at radius 2 is 1.71 bits per heavy atom. The summed E-state index contributed by atoms with van der Waals surface area (Å²) in [5.74, 6) is 0.737. The molecule has 0 spiro atoms. The Balaban J connectivity index is 1.61. The number of hydrogen-bond donors (Lipinski definition) is 1. The second-order valence-electron chi connectivity index (χ2n) is 7.81. The predicted molar refractivity (Wildman–Crippen MR) is 108 cm³/mol. The summed E-state index contributed by atoms with van der Waals surface area (Å²) in [6.45, 7) is 10.1. The average Bonchev–Trinajstić information content (AvgIpc) is 3.10. The highest BCUT2D eigenvalue weighted by molar-refractivity contribution is 5.92. The Morgan fingerprint density at radius 3 is 2.32 bits per heavy atom. The van der Waals surface area contributed by atoms with E-state index >= 15 is 0 Å². The Morgan fingerprint density at radius 1 is 1.07 bits per heavy atom. The molecular weight excluding hydrogens is 354 g/mol. The fourth-order valence-corrected chi connectivity index (χ4v) is 2.59. The molecule has 28 heavy (non-hydrogen) atoms. The van der Waals surface area contributed by atoms with Gasteiger partial charge in [0, 0.05) is 5.56 Å². The van der Waals surface area contributed by atoms with Gasteiger partial charge in [0.2, 0.25) is 0 Å². The van der Waals surface area contributed by atoms with Crippen molar-refractivity contribution in [2.45, 2.75) is 46.1 Å². The van der Waals surface area contributed by atoms with E-state index < -0.39 is 6.10 Å². The van der Waals surface area contributed by atoms with Crippen LogP contribution in [0, 0.1) is 6.92 Å². The van der Waals surface area contributed by atoms with Crippen LogP contribution in [0.15, 0.2) is 53.1 Å². The molecule has 1 aromatic heterocycles. The number of aromatic nitrogens is 2. The summed E-state index contributed by atoms with van der Waals surface area (Å²) in [5.41, 5.74) is 3.20. The Hall–Kier alpha value is -3.15. The first-order chi connectivity index (χ1) is 13.2. The number of hydrogen-bond acceptors (Lipinski definition) is 5. The van der Waals surface area contributed by atoms with Gasteiger partial charge >= 0.3 is 0 Å². The van der Waals surface area contributed by atoms with Crippen LogP contribution in [0.25, 0.3) is 11.5 Å². The second kappa shape index (κ2) is 7.84. The zero-order valence-corrected chi connectivity index (χ0v) is 16.8. The summed E-state index contributed by atoms with van der Waals surface area (Å²) in [5, 5.41) is 6.43. The lowest BCUT2D eigenvalue weighted by Gasteiger charge is -2.20. The molecule has 2 aromatic carbocycles. The number of aryl methyl sites for hydroxylation is 1. The lowest BCUT2D eigenvalue weighted by Crippen LogP contribution is -2.30. The Kier molecular flexibility index (Phi) is 5.49. The van der Waals surface area contributed by atoms with E-state index in [9.17, 15) is 4.79 Å². The number of benzene rings is 2. The van der Waals surface area contributed by atoms with Crippen LogP contribution in [0.3, 0.4) is 0 Å². The quantitative estimate of drug-likeness (QED) is 0.692. The topological polar surface area (TPSA) is 77.2 Å². The van der Waals surface area contributed by atoms with E-state index in [1.54, 1.807) is 6.92 Å². The van der Waals surface area contributed by atoms with Gasteiger partial charge in [0.1, 0.15) is 5.75 Å². The summed E-state index contributed by atoms with van der Waals surface area (Å²) in [6, 6.07) is 15.4. The van der Waals surface area contributed by atoms with Crippen molar-refractivity contribution in [1.29, 1.82) is 0 Å². The van der Waals surface area contributed by atoms with E-state index in [1.165, 1.54) is 5.56 Å². The van der Waals surface area contributed by atoms with Crippen LogP contribution in [0.4, 0.5) is 5.95 Å². The molecule has 0 bridgehead atoms. The summed E-state index contributed by atoms with van der Waals surface area (Å²) < 4.78 is 10.9. The lowest BCUT2D eigenvalue weighted by molar-refractivity contribution is -0.122. The first-order valence-electron chi connectivity index (χ1n) is 9.21. The molecule has 146 valence electrons. The van der Waals surface area contributed by atoms with Crippen molar-refractivity contribution in [3.8, 4) is 17.2 Å². The van der Waals surface area contributed by atoms with Crippen LogP contribution in [0.5, 0.6) is 5.75 Å². The highest BCUT2D eigenvalue weighted by Crippen LogP contribution is 2.25. The number of anilines is 1. The van der Waals surface area contributed by atoms with Crippen LogP contribution < -0.4 is 10.1 Å². The first-order valence-corrected chi connectivity index (χ1v) is 9.21. The molecule has 1 amide bonds. The van der Waals surface area contributed by atoms with Gasteiger partial charge in [0.25, 0.3) is 17.7 Å². The fraction of sp³-hybridized carbons (Fsp3) is 0.318. The number of ether oxygens (including phenoxy) is 1. The van der Waals surface area contributed by atoms with Gasteiger partial charge in [-0.25, -0.2) is 0 Å². The standard InChI is InChI=1S/C22H25N3O3/c1-14-6-8-16(9-7-14)20-24-21(25-28-20)23-19(26)15(2)27-18-12-10-17(11-13-18)22(3,4)5/h6-13,15H,1-5H3,(H,23,25,26). The van der Waals surface area contributed by atoms with Crippen LogP contribution in [0.1, 0.15) is 38.8 Å². The van der Waals surface area contributed by atoms with Gasteiger partial charge in [-0.05, 0) is 54.2 Å². The minimum Gasteiger partial charge on any atom is -0.481 e. The third-order valence-corrected chi connectivity index (χ3v) is 4.36. The minimum atomic E-state index is -0.707. The number of rotatable bonds is 5. The largest absolute Gasteiger partial charge is 0.481 e. The van der Waals surface area contributed by atoms with Crippen molar-refractivity contribution >= 4 is 11.9 Å². The molecular formula is C22H25N3O3. The SMILES string of the molecule is Cc1ccc(-c2nc(NC(=O)C(C)Oc3ccc(C(C)(C)C)cc3)no2)cc1. The molecule has 1 atom stereocenters. The highest BCUT2D eigenvalue weighted by atomic mass is 16.5. The number of amides is 1. The van der Waals surface area contributed by atoms with Crippen LogP contribution in [-0.2, 0) is 10.2 Å². The summed E-state index contributed by atoms with van der Waals surface area (Å²) in [6.07, 6.45) is -0.707. The molecule has 1 heterocycles. The molecule has 0 aliphatic rings. The minimum absolute atomic E-state index is 0.0648. The van der Waals surface area contributed by atoms with Gasteiger partial charge in [-0.3, -0.25) is 10.1 Å². The lowest BCUT2D eigenvalue weighted by atomic mass is 9.87. The number of carbonyl (C=O) groups excluding carboxylic acids is 1. The van der Waals surface area contributed by atoms with E-state index in [2.05, 4.69) is 36.2 Å². The molecule has 0 saturated heterocycles. The molecule has 1 N–H and O–H groups in total. The van der Waals surface area contributed by atoms with Gasteiger partial charge in [-0.15, -0.1) is 0 Å². The molecule has 0 radical (unpaired) electrons. The van der Waals surface area contributed by atoms with E-state index in [0.717, 1.165) is 11.1 Å². The summed E-state index contributed by atoms with van der Waals surface area (Å²) >= 11 is 0. The molecule has 0 aliphatic heterocycles. The van der Waals surface area contributed by atoms with Crippen molar-refractivity contribution in [2.24, 2.45) is 0 Å². The Bertz CT molecular complexity index is 938. The van der Waals surface area contributed by atoms with E-state index in [1.807, 2.05) is 55.5 Å². The maximum atomic E-state index is 12.4.